The highest BCUT2D eigenvalue weighted by atomic mass is 15.1. The minimum Gasteiger partial charge on any atom is -0.288 e. The van der Waals surface area contributed by atoms with Gasteiger partial charge >= 0.3 is 0 Å². The molecular weight excluding hydrogens is 210 g/mol. The summed E-state index contributed by atoms with van der Waals surface area (Å²) in [7, 11) is 0. The van der Waals surface area contributed by atoms with Gasteiger partial charge in [-0.2, -0.15) is 5.26 Å². The minimum absolute atomic E-state index is 0.599. The smallest absolute Gasteiger partial charge is 0.144 e. The summed E-state index contributed by atoms with van der Waals surface area (Å²) < 4.78 is 1.94. The Kier molecular flexibility index (Phi) is 3.56. The summed E-state index contributed by atoms with van der Waals surface area (Å²) in [6.45, 7) is 2.15. The maximum absolute atomic E-state index is 9.11. The van der Waals surface area contributed by atoms with Gasteiger partial charge < -0.3 is 0 Å². The van der Waals surface area contributed by atoms with Crippen molar-refractivity contribution < 1.29 is 0 Å². The number of para-hydroxylation sites is 1. The van der Waals surface area contributed by atoms with Gasteiger partial charge in [-0.05, 0) is 18.6 Å². The molecule has 2 rings (SSSR count). The van der Waals surface area contributed by atoms with E-state index in [1.807, 2.05) is 34.9 Å². The first kappa shape index (κ1) is 11.4. The Hall–Kier alpha value is -2.08. The van der Waals surface area contributed by atoms with Crippen molar-refractivity contribution in [2.45, 2.75) is 26.2 Å². The third-order valence-corrected chi connectivity index (χ3v) is 2.72. The number of hydrogen-bond donors (Lipinski definition) is 0. The average molecular weight is 225 g/mol. The lowest BCUT2D eigenvalue weighted by molar-refractivity contribution is 0.738. The highest BCUT2D eigenvalue weighted by Gasteiger charge is 2.10. The Morgan fingerprint density at radius 3 is 2.71 bits per heavy atom. The molecule has 0 saturated carbocycles. The van der Waals surface area contributed by atoms with E-state index in [2.05, 4.69) is 18.0 Å². The quantitative estimate of drug-likeness (QED) is 0.802. The molecule has 0 aliphatic heterocycles. The summed E-state index contributed by atoms with van der Waals surface area (Å²) in [4.78, 5) is 4.34. The molecule has 0 spiro atoms. The second-order valence-electron chi connectivity index (χ2n) is 3.95. The summed E-state index contributed by atoms with van der Waals surface area (Å²) in [6.07, 6.45) is 4.78. The van der Waals surface area contributed by atoms with Gasteiger partial charge in [0.05, 0.1) is 6.20 Å². The number of nitrogens with zero attached hydrogens (tertiary/aromatic N) is 3. The van der Waals surface area contributed by atoms with Crippen LogP contribution in [-0.2, 0) is 6.42 Å². The fourth-order valence-corrected chi connectivity index (χ4v) is 1.85. The molecule has 1 heterocycles. The molecule has 17 heavy (non-hydrogen) atoms. The topological polar surface area (TPSA) is 41.6 Å². The number of aryl methyl sites for hydroxylation is 1. The van der Waals surface area contributed by atoms with E-state index in [0.717, 1.165) is 30.8 Å². The van der Waals surface area contributed by atoms with Gasteiger partial charge in [0.1, 0.15) is 17.6 Å². The fourth-order valence-electron chi connectivity index (χ4n) is 1.85. The second kappa shape index (κ2) is 5.31. The summed E-state index contributed by atoms with van der Waals surface area (Å²) >= 11 is 0. The Labute approximate surface area is 101 Å². The molecule has 0 fully saturated rings. The molecule has 0 aliphatic carbocycles. The van der Waals surface area contributed by atoms with Crippen LogP contribution >= 0.6 is 0 Å². The number of benzene rings is 1. The molecule has 0 N–H and O–H groups in total. The first-order valence-electron chi connectivity index (χ1n) is 5.89. The van der Waals surface area contributed by atoms with Gasteiger partial charge in [0.15, 0.2) is 0 Å². The summed E-state index contributed by atoms with van der Waals surface area (Å²) in [5.41, 5.74) is 1.61. The van der Waals surface area contributed by atoms with Crippen molar-refractivity contribution in [2.24, 2.45) is 0 Å². The molecule has 0 bridgehead atoms. The van der Waals surface area contributed by atoms with Crippen LogP contribution in [0.25, 0.3) is 5.69 Å². The standard InChI is InChI=1S/C14H15N3/c1-2-3-9-14-16-11-13(10-15)17(14)12-7-5-4-6-8-12/h4-8,11H,2-3,9H2,1H3. The first-order chi connectivity index (χ1) is 8.36. The summed E-state index contributed by atoms with van der Waals surface area (Å²) in [5, 5.41) is 9.11. The van der Waals surface area contributed by atoms with Gasteiger partial charge in [-0.1, -0.05) is 31.5 Å². The minimum atomic E-state index is 0.599. The van der Waals surface area contributed by atoms with Gasteiger partial charge in [-0.25, -0.2) is 4.98 Å². The van der Waals surface area contributed by atoms with Crippen LogP contribution in [0, 0.1) is 11.3 Å². The maximum atomic E-state index is 9.11. The molecule has 1 aromatic heterocycles. The monoisotopic (exact) mass is 225 g/mol. The van der Waals surface area contributed by atoms with E-state index in [0.29, 0.717) is 5.69 Å². The Morgan fingerprint density at radius 1 is 1.29 bits per heavy atom. The van der Waals surface area contributed by atoms with Gasteiger partial charge in [-0.3, -0.25) is 4.57 Å². The van der Waals surface area contributed by atoms with E-state index < -0.39 is 0 Å². The molecule has 0 atom stereocenters. The van der Waals surface area contributed by atoms with Crippen LogP contribution in [0.5, 0.6) is 0 Å². The molecule has 3 heteroatoms. The lowest BCUT2D eigenvalue weighted by Crippen LogP contribution is -2.03. The van der Waals surface area contributed by atoms with E-state index in [1.165, 1.54) is 0 Å². The molecule has 1 aromatic carbocycles. The second-order valence-corrected chi connectivity index (χ2v) is 3.95. The molecule has 0 radical (unpaired) electrons. The van der Waals surface area contributed by atoms with Crippen LogP contribution in [-0.4, -0.2) is 9.55 Å². The molecule has 0 amide bonds. The Morgan fingerprint density at radius 2 is 2.06 bits per heavy atom. The van der Waals surface area contributed by atoms with Crippen molar-refractivity contribution in [1.29, 1.82) is 5.26 Å². The van der Waals surface area contributed by atoms with Crippen LogP contribution in [0.2, 0.25) is 0 Å². The van der Waals surface area contributed by atoms with Crippen molar-refractivity contribution >= 4 is 0 Å². The fraction of sp³-hybridized carbons (Fsp3) is 0.286. The maximum Gasteiger partial charge on any atom is 0.144 e. The van der Waals surface area contributed by atoms with Crippen molar-refractivity contribution in [3.63, 3.8) is 0 Å². The zero-order valence-electron chi connectivity index (χ0n) is 9.93. The van der Waals surface area contributed by atoms with Crippen LogP contribution in [0.3, 0.4) is 0 Å². The zero-order valence-corrected chi connectivity index (χ0v) is 9.93. The SMILES string of the molecule is CCCCc1ncc(C#N)n1-c1ccccc1. The highest BCUT2D eigenvalue weighted by molar-refractivity contribution is 5.39. The molecule has 0 unspecified atom stereocenters. The third kappa shape index (κ3) is 2.36. The van der Waals surface area contributed by atoms with E-state index >= 15 is 0 Å². The van der Waals surface area contributed by atoms with Crippen molar-refractivity contribution in [3.8, 4) is 11.8 Å². The molecule has 0 aliphatic rings. The normalized spacial score (nSPS) is 10.1. The predicted molar refractivity (Wildman–Crippen MR) is 66.9 cm³/mol. The van der Waals surface area contributed by atoms with E-state index in [-0.39, 0.29) is 0 Å². The number of rotatable bonds is 4. The lowest BCUT2D eigenvalue weighted by atomic mass is 10.2. The van der Waals surface area contributed by atoms with Crippen LogP contribution in [0.15, 0.2) is 36.5 Å². The van der Waals surface area contributed by atoms with Crippen molar-refractivity contribution in [2.75, 3.05) is 0 Å². The lowest BCUT2D eigenvalue weighted by Gasteiger charge is -2.08. The Bertz CT molecular complexity index is 520. The molecule has 2 aromatic rings. The first-order valence-corrected chi connectivity index (χ1v) is 5.89. The molecule has 86 valence electrons. The van der Waals surface area contributed by atoms with Gasteiger partial charge in [-0.15, -0.1) is 0 Å². The van der Waals surface area contributed by atoms with Gasteiger partial charge in [0.25, 0.3) is 0 Å². The zero-order chi connectivity index (χ0) is 12.1. The molecule has 0 saturated heterocycles. The van der Waals surface area contributed by atoms with E-state index in [4.69, 9.17) is 5.26 Å². The highest BCUT2D eigenvalue weighted by Crippen LogP contribution is 2.15. The van der Waals surface area contributed by atoms with Crippen LogP contribution in [0.1, 0.15) is 31.3 Å². The Balaban J connectivity index is 2.43. The summed E-state index contributed by atoms with van der Waals surface area (Å²) in [5.74, 6) is 0.967. The van der Waals surface area contributed by atoms with Crippen molar-refractivity contribution in [3.05, 3.63) is 48.0 Å². The van der Waals surface area contributed by atoms with Gasteiger partial charge in [0, 0.05) is 12.1 Å². The van der Waals surface area contributed by atoms with Crippen LogP contribution < -0.4 is 0 Å². The average Bonchev–Trinajstić information content (AvgIpc) is 2.80. The van der Waals surface area contributed by atoms with Crippen molar-refractivity contribution in [1.82, 2.24) is 9.55 Å². The third-order valence-electron chi connectivity index (χ3n) is 2.72. The number of nitriles is 1. The van der Waals surface area contributed by atoms with Gasteiger partial charge in [0.2, 0.25) is 0 Å². The van der Waals surface area contributed by atoms with E-state index in [1.54, 1.807) is 6.20 Å². The number of unbranched alkanes of at least 4 members (excludes halogenated alkanes) is 1. The number of hydrogen-bond acceptors (Lipinski definition) is 2. The summed E-state index contributed by atoms with van der Waals surface area (Å²) in [6, 6.07) is 12.1. The largest absolute Gasteiger partial charge is 0.288 e. The van der Waals surface area contributed by atoms with E-state index in [9.17, 15) is 0 Å². The molecule has 3 nitrogen and oxygen atoms in total. The van der Waals surface area contributed by atoms with Crippen LogP contribution in [0.4, 0.5) is 0 Å². The number of imidazole rings is 1. The predicted octanol–water partition coefficient (Wildman–Crippen LogP) is 3.09. The molecular formula is C14H15N3. The number of aromatic nitrogens is 2.